The summed E-state index contributed by atoms with van der Waals surface area (Å²) in [6, 6.07) is 12.6. The molecule has 0 aliphatic rings. The lowest BCUT2D eigenvalue weighted by atomic mass is 9.93. The maximum Gasteiger partial charge on any atom is 0.137 e. The summed E-state index contributed by atoms with van der Waals surface area (Å²) in [6.45, 7) is 8.41. The Labute approximate surface area is 128 Å². The molecular formula is C20H24O. The standard InChI is InChI=1S/C20H24O/c1-14-11-16(3)20(17(4)12-14)13-19(21)10-9-18-8-6-5-7-15(18)2/h5-8,11-12H,9-10,13H2,1-4H3. The lowest BCUT2D eigenvalue weighted by molar-refractivity contribution is -0.118. The van der Waals surface area contributed by atoms with E-state index >= 15 is 0 Å². The van der Waals surface area contributed by atoms with Crippen LogP contribution in [0.2, 0.25) is 0 Å². The van der Waals surface area contributed by atoms with Crippen LogP contribution in [-0.2, 0) is 17.6 Å². The van der Waals surface area contributed by atoms with Crippen molar-refractivity contribution in [1.82, 2.24) is 0 Å². The molecule has 0 radical (unpaired) electrons. The van der Waals surface area contributed by atoms with Gasteiger partial charge in [0.15, 0.2) is 0 Å². The van der Waals surface area contributed by atoms with Gasteiger partial charge in [-0.3, -0.25) is 4.79 Å². The Hall–Kier alpha value is -1.89. The molecule has 1 heteroatoms. The summed E-state index contributed by atoms with van der Waals surface area (Å²) in [6.07, 6.45) is 2.02. The van der Waals surface area contributed by atoms with Crippen LogP contribution in [0.15, 0.2) is 36.4 Å². The topological polar surface area (TPSA) is 17.1 Å². The molecule has 0 aliphatic heterocycles. The molecule has 0 N–H and O–H groups in total. The second-order valence-corrected chi connectivity index (χ2v) is 6.02. The zero-order chi connectivity index (χ0) is 15.4. The Morgan fingerprint density at radius 2 is 1.52 bits per heavy atom. The van der Waals surface area contributed by atoms with Gasteiger partial charge in [0, 0.05) is 12.8 Å². The van der Waals surface area contributed by atoms with Gasteiger partial charge in [0.1, 0.15) is 5.78 Å². The highest BCUT2D eigenvalue weighted by atomic mass is 16.1. The predicted octanol–water partition coefficient (Wildman–Crippen LogP) is 4.66. The molecule has 0 saturated carbocycles. The quantitative estimate of drug-likeness (QED) is 0.778. The summed E-state index contributed by atoms with van der Waals surface area (Å²) in [5.74, 6) is 0.327. The molecule has 0 spiro atoms. The fraction of sp³-hybridized carbons (Fsp3) is 0.350. The Balaban J connectivity index is 2.01. The van der Waals surface area contributed by atoms with E-state index in [9.17, 15) is 4.79 Å². The maximum absolute atomic E-state index is 12.3. The number of hydrogen-bond donors (Lipinski definition) is 0. The third-order valence-electron chi connectivity index (χ3n) is 4.15. The molecule has 2 rings (SSSR count). The average molecular weight is 280 g/mol. The van der Waals surface area contributed by atoms with Crippen molar-refractivity contribution in [2.75, 3.05) is 0 Å². The van der Waals surface area contributed by atoms with Crippen LogP contribution < -0.4 is 0 Å². The Morgan fingerprint density at radius 3 is 2.14 bits per heavy atom. The number of carbonyl (C=O) groups is 1. The molecule has 0 amide bonds. The van der Waals surface area contributed by atoms with Gasteiger partial charge in [-0.05, 0) is 61.9 Å². The van der Waals surface area contributed by atoms with Crippen molar-refractivity contribution >= 4 is 5.78 Å². The van der Waals surface area contributed by atoms with Crippen LogP contribution >= 0.6 is 0 Å². The van der Waals surface area contributed by atoms with E-state index in [-0.39, 0.29) is 0 Å². The normalized spacial score (nSPS) is 10.7. The van der Waals surface area contributed by atoms with Gasteiger partial charge >= 0.3 is 0 Å². The fourth-order valence-corrected chi connectivity index (χ4v) is 2.94. The van der Waals surface area contributed by atoms with Crippen molar-refractivity contribution < 1.29 is 4.79 Å². The summed E-state index contributed by atoms with van der Waals surface area (Å²) >= 11 is 0. The summed E-state index contributed by atoms with van der Waals surface area (Å²) in [5, 5.41) is 0. The first-order valence-corrected chi connectivity index (χ1v) is 7.60. The first-order chi connectivity index (χ1) is 9.97. The molecule has 1 nitrogen and oxygen atoms in total. The van der Waals surface area contributed by atoms with Gasteiger partial charge in [-0.25, -0.2) is 0 Å². The van der Waals surface area contributed by atoms with E-state index in [4.69, 9.17) is 0 Å². The third kappa shape index (κ3) is 4.04. The summed E-state index contributed by atoms with van der Waals surface area (Å²) in [7, 11) is 0. The predicted molar refractivity (Wildman–Crippen MR) is 88.9 cm³/mol. The van der Waals surface area contributed by atoms with Crippen molar-refractivity contribution in [3.63, 3.8) is 0 Å². The largest absolute Gasteiger partial charge is 0.299 e. The first-order valence-electron chi connectivity index (χ1n) is 7.60. The molecule has 2 aromatic carbocycles. The van der Waals surface area contributed by atoms with Crippen molar-refractivity contribution in [2.24, 2.45) is 0 Å². The molecule has 110 valence electrons. The highest BCUT2D eigenvalue weighted by molar-refractivity contribution is 5.81. The van der Waals surface area contributed by atoms with E-state index < -0.39 is 0 Å². The van der Waals surface area contributed by atoms with E-state index in [1.807, 2.05) is 12.1 Å². The lowest BCUT2D eigenvalue weighted by Gasteiger charge is -2.11. The average Bonchev–Trinajstić information content (AvgIpc) is 2.42. The van der Waals surface area contributed by atoms with Gasteiger partial charge in [-0.2, -0.15) is 0 Å². The smallest absolute Gasteiger partial charge is 0.137 e. The molecule has 0 fully saturated rings. The molecular weight excluding hydrogens is 256 g/mol. The monoisotopic (exact) mass is 280 g/mol. The van der Waals surface area contributed by atoms with E-state index in [0.717, 1.165) is 6.42 Å². The summed E-state index contributed by atoms with van der Waals surface area (Å²) in [4.78, 5) is 12.3. The van der Waals surface area contributed by atoms with Crippen LogP contribution in [0.4, 0.5) is 0 Å². The van der Waals surface area contributed by atoms with Gasteiger partial charge in [0.2, 0.25) is 0 Å². The number of ketones is 1. The zero-order valence-corrected chi connectivity index (χ0v) is 13.5. The zero-order valence-electron chi connectivity index (χ0n) is 13.5. The molecule has 0 unspecified atom stereocenters. The van der Waals surface area contributed by atoms with Gasteiger partial charge in [-0.15, -0.1) is 0 Å². The minimum absolute atomic E-state index is 0.327. The lowest BCUT2D eigenvalue weighted by Crippen LogP contribution is -2.08. The Morgan fingerprint density at radius 1 is 0.905 bits per heavy atom. The third-order valence-corrected chi connectivity index (χ3v) is 4.15. The van der Waals surface area contributed by atoms with E-state index in [2.05, 4.69) is 52.0 Å². The van der Waals surface area contributed by atoms with Crippen LogP contribution in [0.3, 0.4) is 0 Å². The summed E-state index contributed by atoms with van der Waals surface area (Å²) in [5.41, 5.74) is 7.49. The van der Waals surface area contributed by atoms with Crippen LogP contribution in [0.5, 0.6) is 0 Å². The van der Waals surface area contributed by atoms with Gasteiger partial charge in [-0.1, -0.05) is 42.0 Å². The molecule has 0 saturated heterocycles. The highest BCUT2D eigenvalue weighted by Crippen LogP contribution is 2.18. The highest BCUT2D eigenvalue weighted by Gasteiger charge is 2.10. The van der Waals surface area contributed by atoms with Gasteiger partial charge in [0.05, 0.1) is 0 Å². The summed E-state index contributed by atoms with van der Waals surface area (Å²) < 4.78 is 0. The number of rotatable bonds is 5. The van der Waals surface area contributed by atoms with Crippen LogP contribution in [0.1, 0.15) is 39.8 Å². The van der Waals surface area contributed by atoms with Crippen molar-refractivity contribution in [2.45, 2.75) is 47.0 Å². The van der Waals surface area contributed by atoms with Crippen molar-refractivity contribution in [1.29, 1.82) is 0 Å². The number of hydrogen-bond acceptors (Lipinski definition) is 1. The molecule has 0 bridgehead atoms. The molecule has 2 aromatic rings. The van der Waals surface area contributed by atoms with E-state index in [1.165, 1.54) is 33.4 Å². The van der Waals surface area contributed by atoms with Gasteiger partial charge < -0.3 is 0 Å². The van der Waals surface area contributed by atoms with Crippen molar-refractivity contribution in [3.05, 3.63) is 69.8 Å². The number of Topliss-reactive ketones (excluding diaryl/α,β-unsaturated/α-hetero) is 1. The second-order valence-electron chi connectivity index (χ2n) is 6.02. The van der Waals surface area contributed by atoms with Gasteiger partial charge in [0.25, 0.3) is 0 Å². The first kappa shape index (κ1) is 15.5. The minimum Gasteiger partial charge on any atom is -0.299 e. The SMILES string of the molecule is Cc1cc(C)c(CC(=O)CCc2ccccc2C)c(C)c1. The second kappa shape index (κ2) is 6.71. The molecule has 0 atom stereocenters. The minimum atomic E-state index is 0.327. The van der Waals surface area contributed by atoms with Crippen LogP contribution in [-0.4, -0.2) is 5.78 Å². The molecule has 21 heavy (non-hydrogen) atoms. The van der Waals surface area contributed by atoms with E-state index in [0.29, 0.717) is 18.6 Å². The van der Waals surface area contributed by atoms with Crippen LogP contribution in [0, 0.1) is 27.7 Å². The van der Waals surface area contributed by atoms with E-state index in [1.54, 1.807) is 0 Å². The molecule has 0 aliphatic carbocycles. The number of carbonyl (C=O) groups excluding carboxylic acids is 1. The Kier molecular flexibility index (Phi) is 4.95. The molecule has 0 heterocycles. The molecule has 0 aromatic heterocycles. The van der Waals surface area contributed by atoms with Crippen molar-refractivity contribution in [3.8, 4) is 0 Å². The Bertz CT molecular complexity index is 630. The number of benzene rings is 2. The fourth-order valence-electron chi connectivity index (χ4n) is 2.94. The number of aryl methyl sites for hydroxylation is 5. The maximum atomic E-state index is 12.3. The van der Waals surface area contributed by atoms with Crippen LogP contribution in [0.25, 0.3) is 0 Å².